The van der Waals surface area contributed by atoms with Crippen molar-refractivity contribution in [2.24, 2.45) is 0 Å². The summed E-state index contributed by atoms with van der Waals surface area (Å²) in [6.45, 7) is 3.55. The summed E-state index contributed by atoms with van der Waals surface area (Å²) in [5.74, 6) is -0.00143. The molecule has 4 rings (SSSR count). The lowest BCUT2D eigenvalue weighted by Crippen LogP contribution is -2.31. The lowest BCUT2D eigenvalue weighted by Gasteiger charge is -2.21. The maximum atomic E-state index is 12.6. The van der Waals surface area contributed by atoms with E-state index in [2.05, 4.69) is 40.6 Å². The van der Waals surface area contributed by atoms with Crippen molar-refractivity contribution in [3.63, 3.8) is 0 Å². The van der Waals surface area contributed by atoms with Crippen molar-refractivity contribution < 1.29 is 4.79 Å². The molecule has 172 valence electrons. The lowest BCUT2D eigenvalue weighted by atomic mass is 9.85. The first kappa shape index (κ1) is 22.9. The first-order valence-corrected chi connectivity index (χ1v) is 11.7. The summed E-state index contributed by atoms with van der Waals surface area (Å²) in [6, 6.07) is 16.1. The van der Waals surface area contributed by atoms with Crippen molar-refractivity contribution in [1.82, 2.24) is 20.4 Å². The van der Waals surface area contributed by atoms with E-state index in [-0.39, 0.29) is 17.4 Å². The van der Waals surface area contributed by atoms with Gasteiger partial charge < -0.3 is 10.2 Å². The Bertz CT molecular complexity index is 1200. The average Bonchev–Trinajstić information content (AvgIpc) is 2.84. The number of fused-ring (bicyclic) bond motifs is 1. The Balaban J connectivity index is 1.59. The molecule has 3 aromatic rings. The topological polar surface area (TPSA) is 78.1 Å². The van der Waals surface area contributed by atoms with Gasteiger partial charge in [0.25, 0.3) is 11.5 Å². The molecule has 1 aromatic heterocycles. The Morgan fingerprint density at radius 3 is 2.52 bits per heavy atom. The molecular weight excluding hydrogens is 412 g/mol. The van der Waals surface area contributed by atoms with Crippen LogP contribution in [0, 0.1) is 0 Å². The SMILES string of the molecule is C[C@H](c1cccc(-c2cccc(C(=O)NCCN(C)C)c2)c1)c1n[nH]c(=O)c2c1CCCC2. The van der Waals surface area contributed by atoms with E-state index in [4.69, 9.17) is 0 Å². The minimum atomic E-state index is -0.0627. The van der Waals surface area contributed by atoms with Crippen LogP contribution >= 0.6 is 0 Å². The average molecular weight is 445 g/mol. The van der Waals surface area contributed by atoms with Crippen LogP contribution in [0.5, 0.6) is 0 Å². The molecule has 1 amide bonds. The van der Waals surface area contributed by atoms with Crippen LogP contribution in [0.3, 0.4) is 0 Å². The lowest BCUT2D eigenvalue weighted by molar-refractivity contribution is 0.0951. The monoisotopic (exact) mass is 444 g/mol. The van der Waals surface area contributed by atoms with Crippen molar-refractivity contribution in [3.05, 3.63) is 86.8 Å². The highest BCUT2D eigenvalue weighted by Gasteiger charge is 2.22. The number of nitrogens with one attached hydrogen (secondary N) is 2. The van der Waals surface area contributed by atoms with E-state index in [1.165, 1.54) is 0 Å². The zero-order chi connectivity index (χ0) is 23.4. The quantitative estimate of drug-likeness (QED) is 0.582. The molecule has 0 radical (unpaired) electrons. The van der Waals surface area contributed by atoms with Crippen molar-refractivity contribution in [3.8, 4) is 11.1 Å². The fourth-order valence-corrected chi connectivity index (χ4v) is 4.52. The standard InChI is InChI=1S/C27H32N4O2/c1-18(25-23-12-4-5-13-24(23)27(33)30-29-25)19-8-6-9-20(16-19)21-10-7-11-22(17-21)26(32)28-14-15-31(2)3/h6-11,16-18H,4-5,12-15H2,1-3H3,(H,28,32)(H,30,33)/t18-/m1/s1. The van der Waals surface area contributed by atoms with Gasteiger partial charge in [0.1, 0.15) is 0 Å². The van der Waals surface area contributed by atoms with Gasteiger partial charge >= 0.3 is 0 Å². The zero-order valence-electron chi connectivity index (χ0n) is 19.6. The summed E-state index contributed by atoms with van der Waals surface area (Å²) >= 11 is 0. The van der Waals surface area contributed by atoms with Gasteiger partial charge in [0.15, 0.2) is 0 Å². The first-order valence-electron chi connectivity index (χ1n) is 11.7. The summed E-state index contributed by atoms with van der Waals surface area (Å²) in [4.78, 5) is 26.9. The van der Waals surface area contributed by atoms with E-state index in [9.17, 15) is 9.59 Å². The summed E-state index contributed by atoms with van der Waals surface area (Å²) < 4.78 is 0. The number of benzene rings is 2. The molecule has 0 unspecified atom stereocenters. The Labute approximate surface area is 195 Å². The van der Waals surface area contributed by atoms with Gasteiger partial charge in [0, 0.05) is 30.1 Å². The third-order valence-corrected chi connectivity index (χ3v) is 6.43. The molecule has 0 bridgehead atoms. The van der Waals surface area contributed by atoms with Crippen LogP contribution in [0.15, 0.2) is 53.3 Å². The van der Waals surface area contributed by atoms with Gasteiger partial charge in [-0.1, -0.05) is 43.3 Å². The first-order chi connectivity index (χ1) is 15.9. The molecule has 1 atom stereocenters. The molecule has 33 heavy (non-hydrogen) atoms. The molecule has 6 nitrogen and oxygen atoms in total. The predicted octanol–water partition coefficient (Wildman–Crippen LogP) is 3.76. The maximum absolute atomic E-state index is 12.6. The van der Waals surface area contributed by atoms with Crippen molar-refractivity contribution in [1.29, 1.82) is 0 Å². The van der Waals surface area contributed by atoms with Crippen LogP contribution in [0.25, 0.3) is 11.1 Å². The fraction of sp³-hybridized carbons (Fsp3) is 0.370. The van der Waals surface area contributed by atoms with Gasteiger partial charge in [-0.2, -0.15) is 5.10 Å². The highest BCUT2D eigenvalue weighted by Crippen LogP contribution is 2.31. The summed E-state index contributed by atoms with van der Waals surface area (Å²) in [5, 5.41) is 10.1. The number of amides is 1. The molecule has 1 aliphatic carbocycles. The molecule has 0 aliphatic heterocycles. The Kier molecular flexibility index (Phi) is 7.04. The number of likely N-dealkylation sites (N-methyl/N-ethyl adjacent to an activating group) is 1. The van der Waals surface area contributed by atoms with E-state index < -0.39 is 0 Å². The molecule has 0 fully saturated rings. The number of rotatable bonds is 7. The number of aromatic amines is 1. The van der Waals surface area contributed by atoms with Gasteiger partial charge in [-0.15, -0.1) is 0 Å². The molecule has 2 aromatic carbocycles. The highest BCUT2D eigenvalue weighted by atomic mass is 16.1. The number of nitrogens with zero attached hydrogens (tertiary/aromatic N) is 2. The van der Waals surface area contributed by atoms with E-state index in [1.54, 1.807) is 0 Å². The van der Waals surface area contributed by atoms with E-state index in [0.717, 1.165) is 65.7 Å². The molecule has 1 heterocycles. The van der Waals surface area contributed by atoms with Crippen LogP contribution in [-0.2, 0) is 12.8 Å². The minimum Gasteiger partial charge on any atom is -0.351 e. The maximum Gasteiger partial charge on any atom is 0.267 e. The second-order valence-corrected chi connectivity index (χ2v) is 9.09. The molecule has 0 spiro atoms. The number of carbonyl (C=O) groups excluding carboxylic acids is 1. The van der Waals surface area contributed by atoms with Gasteiger partial charge in [-0.3, -0.25) is 9.59 Å². The molecule has 1 aliphatic rings. The zero-order valence-corrected chi connectivity index (χ0v) is 19.6. The van der Waals surface area contributed by atoms with Crippen molar-refractivity contribution >= 4 is 5.91 Å². The van der Waals surface area contributed by atoms with Crippen LogP contribution in [0.2, 0.25) is 0 Å². The van der Waals surface area contributed by atoms with Gasteiger partial charge in [0.2, 0.25) is 0 Å². The summed E-state index contributed by atoms with van der Waals surface area (Å²) in [7, 11) is 3.97. The fourth-order valence-electron chi connectivity index (χ4n) is 4.52. The Morgan fingerprint density at radius 2 is 1.76 bits per heavy atom. The number of hydrogen-bond acceptors (Lipinski definition) is 4. The third kappa shape index (κ3) is 5.22. The Hall–Kier alpha value is -3.25. The second-order valence-electron chi connectivity index (χ2n) is 9.09. The number of H-pyrrole nitrogens is 1. The van der Waals surface area contributed by atoms with Crippen molar-refractivity contribution in [2.45, 2.75) is 38.5 Å². The third-order valence-electron chi connectivity index (χ3n) is 6.43. The smallest absolute Gasteiger partial charge is 0.267 e. The van der Waals surface area contributed by atoms with E-state index >= 15 is 0 Å². The minimum absolute atomic E-state index is 0.0462. The summed E-state index contributed by atoms with van der Waals surface area (Å²) in [6.07, 6.45) is 3.90. The molecular formula is C27H32N4O2. The van der Waals surface area contributed by atoms with Crippen molar-refractivity contribution in [2.75, 3.05) is 27.2 Å². The van der Waals surface area contributed by atoms with Gasteiger partial charge in [-0.25, -0.2) is 5.10 Å². The van der Waals surface area contributed by atoms with E-state index in [0.29, 0.717) is 12.1 Å². The molecule has 2 N–H and O–H groups in total. The van der Waals surface area contributed by atoms with Gasteiger partial charge in [-0.05, 0) is 74.2 Å². The van der Waals surface area contributed by atoms with Crippen LogP contribution < -0.4 is 10.9 Å². The predicted molar refractivity (Wildman–Crippen MR) is 132 cm³/mol. The van der Waals surface area contributed by atoms with E-state index in [1.807, 2.05) is 49.3 Å². The number of hydrogen-bond donors (Lipinski definition) is 2. The number of aromatic nitrogens is 2. The largest absolute Gasteiger partial charge is 0.351 e. The van der Waals surface area contributed by atoms with Gasteiger partial charge in [0.05, 0.1) is 5.69 Å². The normalized spacial score (nSPS) is 14.1. The summed E-state index contributed by atoms with van der Waals surface area (Å²) in [5.41, 5.74) is 6.80. The Morgan fingerprint density at radius 1 is 1.06 bits per heavy atom. The molecule has 0 saturated heterocycles. The number of carbonyl (C=O) groups is 1. The highest BCUT2D eigenvalue weighted by molar-refractivity contribution is 5.95. The second kappa shape index (κ2) is 10.1. The molecule has 0 saturated carbocycles. The van der Waals surface area contributed by atoms with Crippen LogP contribution in [-0.4, -0.2) is 48.2 Å². The molecule has 6 heteroatoms. The van der Waals surface area contributed by atoms with Crippen LogP contribution in [0.4, 0.5) is 0 Å². The van der Waals surface area contributed by atoms with Crippen LogP contribution in [0.1, 0.15) is 58.4 Å².